The van der Waals surface area contributed by atoms with Crippen LogP contribution in [0.25, 0.3) is 11.1 Å². The van der Waals surface area contributed by atoms with Crippen molar-refractivity contribution in [2.24, 2.45) is 0 Å². The molecule has 2 heteroatoms. The van der Waals surface area contributed by atoms with E-state index in [1.807, 2.05) is 24.3 Å². The topological polar surface area (TPSA) is 17.1 Å². The lowest BCUT2D eigenvalue weighted by Crippen LogP contribution is -2.04. The quantitative estimate of drug-likeness (QED) is 0.495. The summed E-state index contributed by atoms with van der Waals surface area (Å²) in [7, 11) is 0. The van der Waals surface area contributed by atoms with Gasteiger partial charge in [0.25, 0.3) is 0 Å². The summed E-state index contributed by atoms with van der Waals surface area (Å²) in [4.78, 5) is 11.8. The van der Waals surface area contributed by atoms with Gasteiger partial charge in [0.1, 0.15) is 0 Å². The lowest BCUT2D eigenvalue weighted by Gasteiger charge is -2.05. The third-order valence-electron chi connectivity index (χ3n) is 3.27. The van der Waals surface area contributed by atoms with Gasteiger partial charge in [0.05, 0.1) is 5.88 Å². The van der Waals surface area contributed by atoms with E-state index < -0.39 is 0 Å². The summed E-state index contributed by atoms with van der Waals surface area (Å²) in [5.41, 5.74) is 5.61. The van der Waals surface area contributed by atoms with Crippen molar-refractivity contribution in [1.29, 1.82) is 0 Å². The molecule has 0 aromatic heterocycles. The summed E-state index contributed by atoms with van der Waals surface area (Å²) in [5, 5.41) is 0. The molecule has 3 rings (SSSR count). The first-order valence-electron chi connectivity index (χ1n) is 5.60. The molecule has 0 atom stereocenters. The van der Waals surface area contributed by atoms with Crippen molar-refractivity contribution in [3.63, 3.8) is 0 Å². The predicted molar refractivity (Wildman–Crippen MR) is 69.7 cm³/mol. The molecule has 1 nitrogen and oxygen atoms in total. The maximum absolute atomic E-state index is 11.8. The maximum atomic E-state index is 11.8. The van der Waals surface area contributed by atoms with Crippen molar-refractivity contribution in [2.45, 2.75) is 6.42 Å². The van der Waals surface area contributed by atoms with Crippen molar-refractivity contribution in [3.05, 3.63) is 59.2 Å². The van der Waals surface area contributed by atoms with Crippen molar-refractivity contribution in [2.75, 3.05) is 5.88 Å². The summed E-state index contributed by atoms with van der Waals surface area (Å²) < 4.78 is 0. The average Bonchev–Trinajstić information content (AvgIpc) is 2.76. The van der Waals surface area contributed by atoms with E-state index in [4.69, 9.17) is 11.6 Å². The van der Waals surface area contributed by atoms with Gasteiger partial charge >= 0.3 is 0 Å². The number of hydrogen-bond acceptors (Lipinski definition) is 1. The van der Waals surface area contributed by atoms with Crippen LogP contribution in [-0.4, -0.2) is 11.7 Å². The number of Topliss-reactive ketones (excluding diaryl/α,β-unsaturated/α-hetero) is 1. The standard InChI is InChI=1S/C15H11ClO/c16-9-15(17)13-7-3-6-12-11-5-2-1-4-10(11)8-14(12)13/h1-7H,8-9H2. The molecule has 0 heterocycles. The zero-order chi connectivity index (χ0) is 11.8. The Morgan fingerprint density at radius 2 is 1.82 bits per heavy atom. The minimum absolute atomic E-state index is 0.0105. The zero-order valence-electron chi connectivity index (χ0n) is 9.24. The molecule has 0 saturated carbocycles. The molecule has 0 spiro atoms. The number of rotatable bonds is 2. The number of carbonyl (C=O) groups excluding carboxylic acids is 1. The number of alkyl halides is 1. The number of carbonyl (C=O) groups is 1. The minimum atomic E-state index is 0.0105. The van der Waals surface area contributed by atoms with E-state index in [1.165, 1.54) is 16.7 Å². The van der Waals surface area contributed by atoms with E-state index >= 15 is 0 Å². The van der Waals surface area contributed by atoms with Crippen molar-refractivity contribution in [1.82, 2.24) is 0 Å². The van der Waals surface area contributed by atoms with Crippen LogP contribution in [-0.2, 0) is 6.42 Å². The van der Waals surface area contributed by atoms with Crippen LogP contribution in [0.1, 0.15) is 21.5 Å². The Morgan fingerprint density at radius 3 is 2.65 bits per heavy atom. The number of benzene rings is 2. The normalized spacial score (nSPS) is 12.1. The first kappa shape index (κ1) is 10.5. The Labute approximate surface area is 105 Å². The van der Waals surface area contributed by atoms with E-state index in [2.05, 4.69) is 18.2 Å². The third kappa shape index (κ3) is 1.58. The molecule has 0 N–H and O–H groups in total. The number of halogens is 1. The first-order chi connectivity index (χ1) is 8.31. The summed E-state index contributed by atoms with van der Waals surface area (Å²) in [5.74, 6) is 0.0589. The molecule has 0 saturated heterocycles. The van der Waals surface area contributed by atoms with Crippen LogP contribution in [0.2, 0.25) is 0 Å². The number of fused-ring (bicyclic) bond motifs is 3. The van der Waals surface area contributed by atoms with E-state index in [-0.39, 0.29) is 11.7 Å². The van der Waals surface area contributed by atoms with Crippen molar-refractivity contribution in [3.8, 4) is 11.1 Å². The van der Waals surface area contributed by atoms with Gasteiger partial charge in [-0.1, -0.05) is 42.5 Å². The number of hydrogen-bond donors (Lipinski definition) is 0. The van der Waals surface area contributed by atoms with Crippen LogP contribution in [0.15, 0.2) is 42.5 Å². The minimum Gasteiger partial charge on any atom is -0.293 e. The average molecular weight is 243 g/mol. The maximum Gasteiger partial charge on any atom is 0.177 e. The Balaban J connectivity index is 2.20. The summed E-state index contributed by atoms with van der Waals surface area (Å²) in [6.07, 6.45) is 0.838. The molecule has 0 radical (unpaired) electrons. The molecular formula is C15H11ClO. The van der Waals surface area contributed by atoms with Crippen LogP contribution in [0.4, 0.5) is 0 Å². The monoisotopic (exact) mass is 242 g/mol. The second kappa shape index (κ2) is 4.01. The molecule has 0 unspecified atom stereocenters. The second-order valence-electron chi connectivity index (χ2n) is 4.22. The molecule has 1 aliphatic carbocycles. The fourth-order valence-electron chi connectivity index (χ4n) is 2.49. The van der Waals surface area contributed by atoms with Gasteiger partial charge in [0.15, 0.2) is 5.78 Å². The van der Waals surface area contributed by atoms with E-state index in [1.54, 1.807) is 0 Å². The smallest absolute Gasteiger partial charge is 0.177 e. The highest BCUT2D eigenvalue weighted by atomic mass is 35.5. The molecule has 0 bridgehead atoms. The first-order valence-corrected chi connectivity index (χ1v) is 6.14. The van der Waals surface area contributed by atoms with Crippen LogP contribution in [0.3, 0.4) is 0 Å². The van der Waals surface area contributed by atoms with Gasteiger partial charge < -0.3 is 0 Å². The van der Waals surface area contributed by atoms with Crippen LogP contribution >= 0.6 is 11.6 Å². The molecular weight excluding hydrogens is 232 g/mol. The molecule has 84 valence electrons. The van der Waals surface area contributed by atoms with Gasteiger partial charge in [-0.15, -0.1) is 11.6 Å². The third-order valence-corrected chi connectivity index (χ3v) is 3.52. The Kier molecular flexibility index (Phi) is 2.49. The highest BCUT2D eigenvalue weighted by Gasteiger charge is 2.22. The van der Waals surface area contributed by atoms with Gasteiger partial charge in [-0.25, -0.2) is 0 Å². The lowest BCUT2D eigenvalue weighted by molar-refractivity contribution is 0.102. The fourth-order valence-corrected chi connectivity index (χ4v) is 2.63. The molecule has 0 fully saturated rings. The molecule has 0 aliphatic heterocycles. The zero-order valence-corrected chi connectivity index (χ0v) is 10.00. The predicted octanol–water partition coefficient (Wildman–Crippen LogP) is 3.68. The molecule has 17 heavy (non-hydrogen) atoms. The SMILES string of the molecule is O=C(CCl)c1cccc2c1Cc1ccccc1-2. The largest absolute Gasteiger partial charge is 0.293 e. The van der Waals surface area contributed by atoms with Crippen molar-refractivity contribution < 1.29 is 4.79 Å². The van der Waals surface area contributed by atoms with Gasteiger partial charge in [0, 0.05) is 5.56 Å². The van der Waals surface area contributed by atoms with Gasteiger partial charge in [-0.3, -0.25) is 4.79 Å². The molecule has 0 amide bonds. The van der Waals surface area contributed by atoms with Gasteiger partial charge in [0.2, 0.25) is 0 Å². The van der Waals surface area contributed by atoms with E-state index in [0.717, 1.165) is 17.5 Å². The van der Waals surface area contributed by atoms with Crippen LogP contribution in [0.5, 0.6) is 0 Å². The highest BCUT2D eigenvalue weighted by molar-refractivity contribution is 6.30. The molecule has 2 aromatic rings. The van der Waals surface area contributed by atoms with Crippen LogP contribution in [0, 0.1) is 0 Å². The molecule has 1 aliphatic rings. The Bertz CT molecular complexity index is 602. The van der Waals surface area contributed by atoms with Gasteiger partial charge in [-0.05, 0) is 28.7 Å². The lowest BCUT2D eigenvalue weighted by atomic mass is 9.99. The summed E-state index contributed by atoms with van der Waals surface area (Å²) in [6.45, 7) is 0. The fraction of sp³-hybridized carbons (Fsp3) is 0.133. The van der Waals surface area contributed by atoms with Crippen molar-refractivity contribution >= 4 is 17.4 Å². The second-order valence-corrected chi connectivity index (χ2v) is 4.49. The summed E-state index contributed by atoms with van der Waals surface area (Å²) in [6, 6.07) is 14.2. The number of ketones is 1. The Hall–Kier alpha value is -1.60. The Morgan fingerprint density at radius 1 is 1.06 bits per heavy atom. The van der Waals surface area contributed by atoms with E-state index in [0.29, 0.717) is 0 Å². The van der Waals surface area contributed by atoms with E-state index in [9.17, 15) is 4.79 Å². The molecule has 2 aromatic carbocycles. The highest BCUT2D eigenvalue weighted by Crippen LogP contribution is 2.38. The summed E-state index contributed by atoms with van der Waals surface area (Å²) >= 11 is 5.65. The van der Waals surface area contributed by atoms with Gasteiger partial charge in [-0.2, -0.15) is 0 Å². The van der Waals surface area contributed by atoms with Crippen LogP contribution < -0.4 is 0 Å².